The average Bonchev–Trinajstić information content (AvgIpc) is 2.83. The molecule has 1 unspecified atom stereocenters. The van der Waals surface area contributed by atoms with Gasteiger partial charge in [0.05, 0.1) is 10.9 Å². The number of aromatic nitrogens is 2. The fourth-order valence-electron chi connectivity index (χ4n) is 4.01. The number of hydrogen-bond acceptors (Lipinski definition) is 5. The number of hydrogen-bond donors (Lipinski definition) is 1. The molecule has 32 heavy (non-hydrogen) atoms. The van der Waals surface area contributed by atoms with Crippen LogP contribution in [0.15, 0.2) is 59.4 Å². The van der Waals surface area contributed by atoms with E-state index in [0.29, 0.717) is 48.2 Å². The number of aromatic amines is 1. The molecule has 0 spiro atoms. The molecule has 4 rings (SSSR count). The molecule has 2 aromatic carbocycles. The van der Waals surface area contributed by atoms with Gasteiger partial charge in [-0.1, -0.05) is 42.5 Å². The number of para-hydroxylation sites is 1. The Bertz CT molecular complexity index is 1140. The first-order valence-corrected chi connectivity index (χ1v) is 11.1. The molecule has 1 fully saturated rings. The number of H-pyrrole nitrogens is 1. The molecule has 166 valence electrons. The summed E-state index contributed by atoms with van der Waals surface area (Å²) in [4.78, 5) is 46.9. The van der Waals surface area contributed by atoms with Crippen molar-refractivity contribution in [2.45, 2.75) is 44.6 Å². The molecule has 7 nitrogen and oxygen atoms in total. The first kappa shape index (κ1) is 21.7. The van der Waals surface area contributed by atoms with Gasteiger partial charge < -0.3 is 14.6 Å². The Morgan fingerprint density at radius 1 is 1.00 bits per heavy atom. The number of ether oxygens (including phenoxy) is 1. The first-order valence-electron chi connectivity index (χ1n) is 11.1. The Balaban J connectivity index is 1.39. The maximum Gasteiger partial charge on any atom is 0.306 e. The minimum absolute atomic E-state index is 0.132. The largest absolute Gasteiger partial charge is 0.447 e. The molecule has 0 bridgehead atoms. The van der Waals surface area contributed by atoms with Crippen molar-refractivity contribution in [1.82, 2.24) is 14.9 Å². The number of fused-ring (bicyclic) bond motifs is 1. The van der Waals surface area contributed by atoms with E-state index in [1.165, 1.54) is 0 Å². The summed E-state index contributed by atoms with van der Waals surface area (Å²) >= 11 is 0. The number of carbonyl (C=O) groups excluding carboxylic acids is 2. The van der Waals surface area contributed by atoms with Gasteiger partial charge in [-0.15, -0.1) is 0 Å². The molecular weight excluding hydrogens is 406 g/mol. The summed E-state index contributed by atoms with van der Waals surface area (Å²) in [5.74, 6) is -0.0670. The fraction of sp³-hybridized carbons (Fsp3) is 0.360. The highest BCUT2D eigenvalue weighted by molar-refractivity contribution is 5.85. The molecule has 1 amide bonds. The molecule has 3 aromatic rings. The number of piperidine rings is 1. The number of likely N-dealkylation sites (tertiary alicyclic amines) is 1. The smallest absolute Gasteiger partial charge is 0.306 e. The molecular formula is C25H27N3O4. The van der Waals surface area contributed by atoms with E-state index in [2.05, 4.69) is 9.97 Å². The summed E-state index contributed by atoms with van der Waals surface area (Å²) in [5, 5.41) is 0.539. The zero-order chi connectivity index (χ0) is 22.3. The highest BCUT2D eigenvalue weighted by atomic mass is 16.5. The molecule has 0 aliphatic carbocycles. The third-order valence-corrected chi connectivity index (χ3v) is 5.70. The lowest BCUT2D eigenvalue weighted by atomic mass is 10.1. The van der Waals surface area contributed by atoms with Crippen molar-refractivity contribution < 1.29 is 14.3 Å². The van der Waals surface area contributed by atoms with Gasteiger partial charge in [-0.2, -0.15) is 0 Å². The van der Waals surface area contributed by atoms with Crippen molar-refractivity contribution in [3.05, 3.63) is 76.3 Å². The number of aryl methyl sites for hydroxylation is 1. The standard InChI is InChI=1S/C25H27N3O4/c29-22(15-9-14-21-26-20-13-6-5-12-19(20)24(30)27-21)32-23(18-10-3-1-4-11-18)25(31)28-16-7-2-8-17-28/h1,3-6,10-13,23H,2,7-9,14-17H2,(H,26,27,30). The van der Waals surface area contributed by atoms with E-state index < -0.39 is 12.1 Å². The van der Waals surface area contributed by atoms with Crippen molar-refractivity contribution >= 4 is 22.8 Å². The average molecular weight is 434 g/mol. The number of esters is 1. The number of nitrogens with one attached hydrogen (secondary N) is 1. The SMILES string of the molecule is O=C(CCCc1nc2ccccc2c(=O)[nH]1)OC(C(=O)N1CCCCC1)c1ccccc1. The van der Waals surface area contributed by atoms with Gasteiger partial charge in [0.25, 0.3) is 11.5 Å². The third kappa shape index (κ3) is 5.22. The molecule has 1 aliphatic heterocycles. The maximum absolute atomic E-state index is 13.1. The highest BCUT2D eigenvalue weighted by Gasteiger charge is 2.30. The van der Waals surface area contributed by atoms with Crippen LogP contribution in [0.25, 0.3) is 10.9 Å². The van der Waals surface area contributed by atoms with Crippen LogP contribution in [-0.4, -0.2) is 39.8 Å². The van der Waals surface area contributed by atoms with Crippen molar-refractivity contribution in [3.63, 3.8) is 0 Å². The van der Waals surface area contributed by atoms with E-state index in [4.69, 9.17) is 4.74 Å². The molecule has 1 saturated heterocycles. The predicted molar refractivity (Wildman–Crippen MR) is 121 cm³/mol. The summed E-state index contributed by atoms with van der Waals surface area (Å²) in [5.41, 5.74) is 1.12. The lowest BCUT2D eigenvalue weighted by Crippen LogP contribution is -2.40. The van der Waals surface area contributed by atoms with Gasteiger partial charge in [0, 0.05) is 31.5 Å². The minimum atomic E-state index is -0.930. The second kappa shape index (κ2) is 10.2. The number of carbonyl (C=O) groups is 2. The van der Waals surface area contributed by atoms with Crippen molar-refractivity contribution in [1.29, 1.82) is 0 Å². The second-order valence-electron chi connectivity index (χ2n) is 8.05. The molecule has 7 heteroatoms. The summed E-state index contributed by atoms with van der Waals surface area (Å²) in [6, 6.07) is 16.3. The monoisotopic (exact) mass is 433 g/mol. The number of rotatable bonds is 7. The number of amides is 1. The van der Waals surface area contributed by atoms with E-state index in [0.717, 1.165) is 19.3 Å². The van der Waals surface area contributed by atoms with Gasteiger partial charge in [-0.3, -0.25) is 14.4 Å². The minimum Gasteiger partial charge on any atom is -0.447 e. The van der Waals surface area contributed by atoms with Crippen LogP contribution in [-0.2, 0) is 20.7 Å². The van der Waals surface area contributed by atoms with Crippen LogP contribution >= 0.6 is 0 Å². The van der Waals surface area contributed by atoms with Crippen molar-refractivity contribution in [2.75, 3.05) is 13.1 Å². The van der Waals surface area contributed by atoms with E-state index >= 15 is 0 Å². The van der Waals surface area contributed by atoms with Crippen LogP contribution in [0.5, 0.6) is 0 Å². The van der Waals surface area contributed by atoms with Crippen molar-refractivity contribution in [2.24, 2.45) is 0 Å². The summed E-state index contributed by atoms with van der Waals surface area (Å²) < 4.78 is 5.66. The van der Waals surface area contributed by atoms with Gasteiger partial charge >= 0.3 is 5.97 Å². The predicted octanol–water partition coefficient (Wildman–Crippen LogP) is 3.54. The zero-order valence-electron chi connectivity index (χ0n) is 18.0. The fourth-order valence-corrected chi connectivity index (χ4v) is 4.01. The van der Waals surface area contributed by atoms with Crippen LogP contribution in [0, 0.1) is 0 Å². The zero-order valence-corrected chi connectivity index (χ0v) is 18.0. The normalized spacial score (nSPS) is 14.8. The molecule has 2 heterocycles. The van der Waals surface area contributed by atoms with Gasteiger partial charge in [-0.05, 0) is 37.8 Å². The third-order valence-electron chi connectivity index (χ3n) is 5.70. The van der Waals surface area contributed by atoms with E-state index in [1.54, 1.807) is 23.1 Å². The van der Waals surface area contributed by atoms with Crippen LogP contribution in [0.4, 0.5) is 0 Å². The maximum atomic E-state index is 13.1. The molecule has 1 aliphatic rings. The molecule has 1 aromatic heterocycles. The Morgan fingerprint density at radius 2 is 1.72 bits per heavy atom. The second-order valence-corrected chi connectivity index (χ2v) is 8.05. The molecule has 1 N–H and O–H groups in total. The topological polar surface area (TPSA) is 92.4 Å². The van der Waals surface area contributed by atoms with Crippen LogP contribution in [0.1, 0.15) is 49.6 Å². The highest BCUT2D eigenvalue weighted by Crippen LogP contribution is 2.23. The van der Waals surface area contributed by atoms with Crippen molar-refractivity contribution in [3.8, 4) is 0 Å². The Hall–Kier alpha value is -3.48. The van der Waals surface area contributed by atoms with E-state index in [-0.39, 0.29) is 17.9 Å². The Morgan fingerprint density at radius 3 is 2.50 bits per heavy atom. The summed E-state index contributed by atoms with van der Waals surface area (Å²) in [6.45, 7) is 1.39. The van der Waals surface area contributed by atoms with Gasteiger partial charge in [0.15, 0.2) is 0 Å². The summed E-state index contributed by atoms with van der Waals surface area (Å²) in [6.07, 6.45) is 3.15. The van der Waals surface area contributed by atoms with Crippen LogP contribution in [0.2, 0.25) is 0 Å². The Labute approximate surface area is 186 Å². The molecule has 0 saturated carbocycles. The Kier molecular flexibility index (Phi) is 6.94. The summed E-state index contributed by atoms with van der Waals surface area (Å²) in [7, 11) is 0. The lowest BCUT2D eigenvalue weighted by Gasteiger charge is -2.30. The van der Waals surface area contributed by atoms with Crippen LogP contribution < -0.4 is 5.56 Å². The number of benzene rings is 2. The number of nitrogens with zero attached hydrogens (tertiary/aromatic N) is 2. The van der Waals surface area contributed by atoms with Gasteiger partial charge in [0.1, 0.15) is 5.82 Å². The first-order chi connectivity index (χ1) is 15.6. The van der Waals surface area contributed by atoms with E-state index in [1.807, 2.05) is 36.4 Å². The quantitative estimate of drug-likeness (QED) is 0.576. The van der Waals surface area contributed by atoms with Gasteiger partial charge in [0.2, 0.25) is 6.10 Å². The molecule has 1 atom stereocenters. The van der Waals surface area contributed by atoms with Gasteiger partial charge in [-0.25, -0.2) is 4.98 Å². The molecule has 0 radical (unpaired) electrons. The van der Waals surface area contributed by atoms with E-state index in [9.17, 15) is 14.4 Å². The van der Waals surface area contributed by atoms with Crippen LogP contribution in [0.3, 0.4) is 0 Å². The lowest BCUT2D eigenvalue weighted by molar-refractivity contribution is -0.161.